The summed E-state index contributed by atoms with van der Waals surface area (Å²) in [5, 5.41) is 19.9. The molecule has 1 fully saturated rings. The normalized spacial score (nSPS) is 19.3. The number of aliphatic hydroxyl groups excluding tert-OH is 1. The maximum absolute atomic E-state index is 9.78. The number of fused-ring (bicyclic) bond motifs is 1. The molecule has 0 aromatic carbocycles. The van der Waals surface area contributed by atoms with E-state index < -0.39 is 0 Å². The van der Waals surface area contributed by atoms with Crippen molar-refractivity contribution in [3.8, 4) is 5.69 Å². The van der Waals surface area contributed by atoms with Crippen molar-refractivity contribution in [2.45, 2.75) is 51.2 Å². The second kappa shape index (κ2) is 8.12. The molecule has 1 saturated carbocycles. The fraction of sp³-hybridized carbons (Fsp3) is 0.364. The molecule has 0 saturated heterocycles. The molecule has 1 aliphatic carbocycles. The first-order chi connectivity index (χ1) is 14.6. The average molecular weight is 421 g/mol. The van der Waals surface area contributed by atoms with E-state index in [-0.39, 0.29) is 6.10 Å². The summed E-state index contributed by atoms with van der Waals surface area (Å²) in [6, 6.07) is 6.35. The number of anilines is 1. The lowest BCUT2D eigenvalue weighted by atomic mass is 9.93. The average Bonchev–Trinajstić information content (AvgIpc) is 3.39. The molecule has 0 unspecified atom stereocenters. The molecular weight excluding hydrogens is 396 g/mol. The summed E-state index contributed by atoms with van der Waals surface area (Å²) in [5.41, 5.74) is 3.98. The van der Waals surface area contributed by atoms with Crippen LogP contribution in [-0.2, 0) is 6.42 Å². The minimum absolute atomic E-state index is 0.161. The van der Waals surface area contributed by atoms with E-state index in [1.54, 1.807) is 17.5 Å². The number of aromatic nitrogens is 5. The molecule has 4 aromatic heterocycles. The van der Waals surface area contributed by atoms with Crippen LogP contribution in [0.15, 0.2) is 42.2 Å². The minimum atomic E-state index is -0.161. The summed E-state index contributed by atoms with van der Waals surface area (Å²) in [6.45, 7) is 1.97. The van der Waals surface area contributed by atoms with E-state index in [4.69, 9.17) is 9.97 Å². The Kier molecular flexibility index (Phi) is 5.18. The summed E-state index contributed by atoms with van der Waals surface area (Å²) in [4.78, 5) is 13.9. The number of nitrogens with one attached hydrogen (secondary N) is 1. The van der Waals surface area contributed by atoms with Gasteiger partial charge in [0, 0.05) is 30.6 Å². The molecule has 0 radical (unpaired) electrons. The highest BCUT2D eigenvalue weighted by Gasteiger charge is 2.21. The van der Waals surface area contributed by atoms with Crippen LogP contribution in [0.2, 0.25) is 0 Å². The van der Waals surface area contributed by atoms with Crippen molar-refractivity contribution in [2.24, 2.45) is 0 Å². The Bertz CT molecular complexity index is 1160. The van der Waals surface area contributed by atoms with E-state index in [9.17, 15) is 5.11 Å². The van der Waals surface area contributed by atoms with Gasteiger partial charge in [0.25, 0.3) is 0 Å². The topological polar surface area (TPSA) is 88.8 Å². The predicted octanol–water partition coefficient (Wildman–Crippen LogP) is 3.89. The lowest BCUT2D eigenvalue weighted by molar-refractivity contribution is 0.126. The summed E-state index contributed by atoms with van der Waals surface area (Å²) >= 11 is 1.66. The number of aliphatic hydroxyl groups is 1. The minimum Gasteiger partial charge on any atom is -0.393 e. The van der Waals surface area contributed by atoms with Crippen LogP contribution < -0.4 is 5.32 Å². The molecule has 5 rings (SSSR count). The third-order valence-corrected chi connectivity index (χ3v) is 6.44. The van der Waals surface area contributed by atoms with Gasteiger partial charge in [-0.2, -0.15) is 5.10 Å². The molecule has 1 aliphatic rings. The van der Waals surface area contributed by atoms with Gasteiger partial charge in [-0.05, 0) is 61.7 Å². The first kappa shape index (κ1) is 19.1. The van der Waals surface area contributed by atoms with Gasteiger partial charge in [0.2, 0.25) is 0 Å². The third-order valence-electron chi connectivity index (χ3n) is 5.53. The van der Waals surface area contributed by atoms with E-state index in [0.717, 1.165) is 64.5 Å². The molecular formula is C22H24N6OS. The number of aryl methyl sites for hydroxylation is 1. The second-order valence-corrected chi connectivity index (χ2v) is 8.81. The van der Waals surface area contributed by atoms with Gasteiger partial charge in [0.1, 0.15) is 11.6 Å². The molecule has 0 bridgehead atoms. The van der Waals surface area contributed by atoms with Gasteiger partial charge in [-0.15, -0.1) is 11.3 Å². The van der Waals surface area contributed by atoms with Crippen LogP contribution in [0.1, 0.15) is 42.8 Å². The monoisotopic (exact) mass is 420 g/mol. The molecule has 0 atom stereocenters. The first-order valence-electron chi connectivity index (χ1n) is 10.3. The van der Waals surface area contributed by atoms with Crippen molar-refractivity contribution in [3.05, 3.63) is 59.3 Å². The molecule has 4 heterocycles. The molecule has 30 heavy (non-hydrogen) atoms. The lowest BCUT2D eigenvalue weighted by Gasteiger charge is -2.26. The van der Waals surface area contributed by atoms with Crippen molar-refractivity contribution >= 4 is 27.4 Å². The van der Waals surface area contributed by atoms with Gasteiger partial charge in [-0.1, -0.05) is 0 Å². The Morgan fingerprint density at radius 3 is 2.90 bits per heavy atom. The maximum Gasteiger partial charge on any atom is 0.148 e. The molecule has 0 spiro atoms. The quantitative estimate of drug-likeness (QED) is 0.509. The number of thiophene rings is 1. The Morgan fingerprint density at radius 1 is 1.20 bits per heavy atom. The summed E-state index contributed by atoms with van der Waals surface area (Å²) in [7, 11) is 0. The highest BCUT2D eigenvalue weighted by atomic mass is 32.1. The number of rotatable bonds is 5. The van der Waals surface area contributed by atoms with Crippen molar-refractivity contribution in [1.29, 1.82) is 0 Å². The van der Waals surface area contributed by atoms with E-state index >= 15 is 0 Å². The van der Waals surface area contributed by atoms with Gasteiger partial charge in [0.05, 0.1) is 28.2 Å². The second-order valence-electron chi connectivity index (χ2n) is 7.90. The zero-order valence-corrected chi connectivity index (χ0v) is 17.6. The number of hydrogen-bond acceptors (Lipinski definition) is 7. The third kappa shape index (κ3) is 4.06. The van der Waals surface area contributed by atoms with Gasteiger partial charge in [-0.3, -0.25) is 4.98 Å². The van der Waals surface area contributed by atoms with E-state index in [0.29, 0.717) is 12.5 Å². The Labute approximate surface area is 178 Å². The van der Waals surface area contributed by atoms with E-state index in [2.05, 4.69) is 20.8 Å². The zero-order valence-electron chi connectivity index (χ0n) is 16.8. The molecule has 0 aliphatic heterocycles. The summed E-state index contributed by atoms with van der Waals surface area (Å²) in [6.07, 6.45) is 9.75. The van der Waals surface area contributed by atoms with Gasteiger partial charge in [-0.25, -0.2) is 14.6 Å². The van der Waals surface area contributed by atoms with Crippen molar-refractivity contribution in [2.75, 3.05) is 5.32 Å². The predicted molar refractivity (Wildman–Crippen MR) is 118 cm³/mol. The highest BCUT2D eigenvalue weighted by molar-refractivity contribution is 7.17. The maximum atomic E-state index is 9.78. The van der Waals surface area contributed by atoms with Crippen LogP contribution in [-0.4, -0.2) is 42.0 Å². The molecule has 8 heteroatoms. The van der Waals surface area contributed by atoms with Gasteiger partial charge >= 0.3 is 0 Å². The van der Waals surface area contributed by atoms with Crippen molar-refractivity contribution in [3.63, 3.8) is 0 Å². The van der Waals surface area contributed by atoms with Gasteiger partial charge < -0.3 is 10.4 Å². The fourth-order valence-electron chi connectivity index (χ4n) is 3.95. The van der Waals surface area contributed by atoms with Crippen LogP contribution in [0.3, 0.4) is 0 Å². The lowest BCUT2D eigenvalue weighted by Crippen LogP contribution is -2.28. The van der Waals surface area contributed by atoms with E-state index in [1.165, 1.54) is 0 Å². The van der Waals surface area contributed by atoms with Crippen LogP contribution in [0.25, 0.3) is 15.9 Å². The zero-order chi connectivity index (χ0) is 20.5. The SMILES string of the molecule is Cc1cc(-n2cc(Cc3nc(NC4CCC(O)CC4)c4sccc4n3)cn2)ccn1. The van der Waals surface area contributed by atoms with Crippen LogP contribution in [0.5, 0.6) is 0 Å². The number of nitrogens with zero attached hydrogens (tertiary/aromatic N) is 5. The summed E-state index contributed by atoms with van der Waals surface area (Å²) < 4.78 is 2.95. The Hall–Kier alpha value is -2.84. The largest absolute Gasteiger partial charge is 0.393 e. The Morgan fingerprint density at radius 2 is 2.07 bits per heavy atom. The Balaban J connectivity index is 1.38. The molecule has 0 amide bonds. The van der Waals surface area contributed by atoms with Crippen LogP contribution >= 0.6 is 11.3 Å². The number of pyridine rings is 1. The molecule has 7 nitrogen and oxygen atoms in total. The first-order valence-corrected chi connectivity index (χ1v) is 11.2. The fourth-order valence-corrected chi connectivity index (χ4v) is 4.73. The van der Waals surface area contributed by atoms with Crippen LogP contribution in [0.4, 0.5) is 5.82 Å². The summed E-state index contributed by atoms with van der Waals surface area (Å²) in [5.74, 6) is 1.69. The molecule has 2 N–H and O–H groups in total. The standard InChI is InChI=1S/C22H24N6OS/c1-14-10-17(6-8-23-14)28-13-15(12-24-28)11-20-26-19-7-9-30-21(19)22(27-20)25-16-2-4-18(29)5-3-16/h6-10,12-13,16,18,29H,2-5,11H2,1H3,(H,25,26,27). The van der Waals surface area contributed by atoms with Gasteiger partial charge in [0.15, 0.2) is 0 Å². The van der Waals surface area contributed by atoms with E-state index in [1.807, 2.05) is 42.2 Å². The highest BCUT2D eigenvalue weighted by Crippen LogP contribution is 2.29. The van der Waals surface area contributed by atoms with Crippen molar-refractivity contribution in [1.82, 2.24) is 24.7 Å². The molecule has 154 valence electrons. The smallest absolute Gasteiger partial charge is 0.148 e. The van der Waals surface area contributed by atoms with Crippen molar-refractivity contribution < 1.29 is 5.11 Å². The number of hydrogen-bond donors (Lipinski definition) is 2. The molecule has 4 aromatic rings. The van der Waals surface area contributed by atoms with Crippen LogP contribution in [0, 0.1) is 6.92 Å².